The Kier molecular flexibility index (Phi) is 3.21. The van der Waals surface area contributed by atoms with Gasteiger partial charge in [-0.1, -0.05) is 11.6 Å². The Labute approximate surface area is 62.9 Å². The lowest BCUT2D eigenvalue weighted by Gasteiger charge is -1.71. The molecule has 0 atom stereocenters. The van der Waals surface area contributed by atoms with Crippen LogP contribution in [0.15, 0.2) is 12.1 Å². The second kappa shape index (κ2) is 3.17. The monoisotopic (exact) mass is 169 g/mol. The lowest BCUT2D eigenvalue weighted by molar-refractivity contribution is 1.94. The maximum absolute atomic E-state index is 5.50. The normalized spacial score (nSPS) is 8.12. The summed E-state index contributed by atoms with van der Waals surface area (Å²) in [6, 6.07) is 3.56. The Bertz CT molecular complexity index is 146. The number of hydrogen-bond acceptors (Lipinski definition) is 2. The van der Waals surface area contributed by atoms with Crippen molar-refractivity contribution < 1.29 is 0 Å². The van der Waals surface area contributed by atoms with E-state index in [0.29, 0.717) is 0 Å². The number of halogens is 2. The van der Waals surface area contributed by atoms with Gasteiger partial charge in [-0.15, -0.1) is 23.7 Å². The first kappa shape index (κ1) is 8.08. The minimum Gasteiger partial charge on any atom is -0.391 e. The van der Waals surface area contributed by atoms with E-state index < -0.39 is 0 Å². The summed E-state index contributed by atoms with van der Waals surface area (Å²) in [4.78, 5) is 0. The molecule has 0 radical (unpaired) electrons. The van der Waals surface area contributed by atoms with Crippen molar-refractivity contribution in [2.45, 2.75) is 0 Å². The molecule has 4 heteroatoms. The Balaban J connectivity index is 0.000000490. The largest absolute Gasteiger partial charge is 0.391 e. The number of nitrogen functional groups attached to an aromatic ring is 1. The molecule has 0 aromatic carbocycles. The summed E-state index contributed by atoms with van der Waals surface area (Å²) in [5.41, 5.74) is 5.31. The van der Waals surface area contributed by atoms with Crippen LogP contribution in [0.1, 0.15) is 0 Å². The van der Waals surface area contributed by atoms with E-state index in [1.807, 2.05) is 0 Å². The quantitative estimate of drug-likeness (QED) is 0.635. The number of rotatable bonds is 0. The maximum Gasteiger partial charge on any atom is 0.0950 e. The maximum atomic E-state index is 5.50. The molecule has 0 bridgehead atoms. The first-order valence-electron chi connectivity index (χ1n) is 1.80. The zero-order chi connectivity index (χ0) is 5.28. The summed E-state index contributed by atoms with van der Waals surface area (Å²) in [6.45, 7) is 0. The SMILES string of the molecule is Cl.Nc1ccc(Cl)s1. The van der Waals surface area contributed by atoms with Gasteiger partial charge < -0.3 is 5.73 Å². The molecule has 0 amide bonds. The molecule has 0 saturated heterocycles. The fraction of sp³-hybridized carbons (Fsp3) is 0. The van der Waals surface area contributed by atoms with Gasteiger partial charge in [0.25, 0.3) is 0 Å². The third-order valence-corrected chi connectivity index (χ3v) is 1.65. The van der Waals surface area contributed by atoms with Gasteiger partial charge in [-0.25, -0.2) is 0 Å². The van der Waals surface area contributed by atoms with Crippen LogP contribution in [-0.4, -0.2) is 0 Å². The second-order valence-corrected chi connectivity index (χ2v) is 2.89. The molecule has 0 aliphatic heterocycles. The van der Waals surface area contributed by atoms with E-state index in [1.165, 1.54) is 11.3 Å². The number of nitrogens with two attached hydrogens (primary N) is 1. The summed E-state index contributed by atoms with van der Waals surface area (Å²) in [7, 11) is 0. The third kappa shape index (κ3) is 1.90. The highest BCUT2D eigenvalue weighted by atomic mass is 35.5. The Hall–Kier alpha value is 0.0800. The van der Waals surface area contributed by atoms with Crippen molar-refractivity contribution in [1.29, 1.82) is 0 Å². The fourth-order valence-electron chi connectivity index (χ4n) is 0.328. The zero-order valence-electron chi connectivity index (χ0n) is 3.93. The van der Waals surface area contributed by atoms with Crippen molar-refractivity contribution in [2.24, 2.45) is 0 Å². The van der Waals surface area contributed by atoms with Gasteiger partial charge in [0, 0.05) is 0 Å². The number of hydrogen-bond donors (Lipinski definition) is 1. The van der Waals surface area contributed by atoms with Crippen LogP contribution in [-0.2, 0) is 0 Å². The summed E-state index contributed by atoms with van der Waals surface area (Å²) < 4.78 is 0.748. The molecular weight excluding hydrogens is 165 g/mol. The molecule has 0 saturated carbocycles. The second-order valence-electron chi connectivity index (χ2n) is 1.14. The van der Waals surface area contributed by atoms with Crippen LogP contribution in [0, 0.1) is 0 Å². The van der Waals surface area contributed by atoms with Crippen LogP contribution < -0.4 is 5.73 Å². The lowest BCUT2D eigenvalue weighted by atomic mass is 10.6. The highest BCUT2D eigenvalue weighted by Gasteiger charge is 1.87. The van der Waals surface area contributed by atoms with Gasteiger partial charge in [0.05, 0.1) is 9.34 Å². The van der Waals surface area contributed by atoms with E-state index in [0.717, 1.165) is 9.34 Å². The predicted molar refractivity (Wildman–Crippen MR) is 41.0 cm³/mol. The minimum absolute atomic E-state index is 0. The van der Waals surface area contributed by atoms with Gasteiger partial charge in [-0.2, -0.15) is 0 Å². The summed E-state index contributed by atoms with van der Waals surface area (Å²) in [5.74, 6) is 0. The van der Waals surface area contributed by atoms with Gasteiger partial charge in [0.15, 0.2) is 0 Å². The highest BCUT2D eigenvalue weighted by Crippen LogP contribution is 2.22. The van der Waals surface area contributed by atoms with Crippen LogP contribution in [0.4, 0.5) is 5.00 Å². The van der Waals surface area contributed by atoms with Crippen LogP contribution in [0.25, 0.3) is 0 Å². The molecule has 1 rings (SSSR count). The molecule has 46 valence electrons. The van der Waals surface area contributed by atoms with Crippen molar-refractivity contribution in [3.63, 3.8) is 0 Å². The summed E-state index contributed by atoms with van der Waals surface area (Å²) in [6.07, 6.45) is 0. The van der Waals surface area contributed by atoms with Crippen molar-refractivity contribution in [2.75, 3.05) is 5.73 Å². The predicted octanol–water partition coefficient (Wildman–Crippen LogP) is 2.41. The molecule has 8 heavy (non-hydrogen) atoms. The van der Waals surface area contributed by atoms with E-state index in [4.69, 9.17) is 17.3 Å². The van der Waals surface area contributed by atoms with E-state index in [9.17, 15) is 0 Å². The minimum atomic E-state index is 0. The smallest absolute Gasteiger partial charge is 0.0950 e. The molecule has 2 N–H and O–H groups in total. The highest BCUT2D eigenvalue weighted by molar-refractivity contribution is 7.19. The Morgan fingerprint density at radius 1 is 1.50 bits per heavy atom. The van der Waals surface area contributed by atoms with Crippen molar-refractivity contribution >= 4 is 40.3 Å². The van der Waals surface area contributed by atoms with Gasteiger partial charge in [0.2, 0.25) is 0 Å². The summed E-state index contributed by atoms with van der Waals surface area (Å²) >= 11 is 6.88. The van der Waals surface area contributed by atoms with Crippen molar-refractivity contribution in [1.82, 2.24) is 0 Å². The van der Waals surface area contributed by atoms with Gasteiger partial charge in [-0.3, -0.25) is 0 Å². The molecule has 0 spiro atoms. The molecule has 0 fully saturated rings. The third-order valence-electron chi connectivity index (χ3n) is 0.594. The van der Waals surface area contributed by atoms with Crippen LogP contribution >= 0.6 is 35.3 Å². The topological polar surface area (TPSA) is 26.0 Å². The zero-order valence-corrected chi connectivity index (χ0v) is 6.32. The van der Waals surface area contributed by atoms with E-state index >= 15 is 0 Å². The molecular formula is C4H5Cl2NS. The van der Waals surface area contributed by atoms with Gasteiger partial charge in [0.1, 0.15) is 0 Å². The van der Waals surface area contributed by atoms with Crippen molar-refractivity contribution in [3.8, 4) is 0 Å². The van der Waals surface area contributed by atoms with Crippen molar-refractivity contribution in [3.05, 3.63) is 16.5 Å². The number of thiophene rings is 1. The average molecular weight is 170 g/mol. The Morgan fingerprint density at radius 3 is 2.25 bits per heavy atom. The van der Waals surface area contributed by atoms with Gasteiger partial charge in [-0.05, 0) is 12.1 Å². The fourth-order valence-corrected chi connectivity index (χ4v) is 1.16. The number of anilines is 1. The van der Waals surface area contributed by atoms with Gasteiger partial charge >= 0.3 is 0 Å². The first-order chi connectivity index (χ1) is 3.29. The van der Waals surface area contributed by atoms with E-state index in [1.54, 1.807) is 12.1 Å². The van der Waals surface area contributed by atoms with E-state index in [-0.39, 0.29) is 12.4 Å². The standard InChI is InChI=1S/C4H4ClNS.ClH/c5-3-1-2-4(6)7-3;/h1-2H,6H2;1H. The van der Waals surface area contributed by atoms with Crippen LogP contribution in [0.3, 0.4) is 0 Å². The average Bonchev–Trinajstić information content (AvgIpc) is 1.87. The van der Waals surface area contributed by atoms with Crippen LogP contribution in [0.2, 0.25) is 4.34 Å². The Morgan fingerprint density at radius 2 is 2.12 bits per heavy atom. The molecule has 0 aliphatic carbocycles. The summed E-state index contributed by atoms with van der Waals surface area (Å²) in [5, 5.41) is 0.769. The molecule has 1 aromatic heterocycles. The van der Waals surface area contributed by atoms with E-state index in [2.05, 4.69) is 0 Å². The molecule has 1 heterocycles. The molecule has 0 unspecified atom stereocenters. The molecule has 1 nitrogen and oxygen atoms in total. The first-order valence-corrected chi connectivity index (χ1v) is 2.99. The van der Waals surface area contributed by atoms with Crippen LogP contribution in [0.5, 0.6) is 0 Å². The molecule has 1 aromatic rings. The lowest BCUT2D eigenvalue weighted by Crippen LogP contribution is -1.72. The molecule has 0 aliphatic rings.